The average molecular weight is 870 g/mol. The van der Waals surface area contributed by atoms with Crippen LogP contribution in [0.4, 0.5) is 5.95 Å². The van der Waals surface area contributed by atoms with Gasteiger partial charge in [-0.15, -0.1) is 9.42 Å². The molecule has 57 heavy (non-hydrogen) atoms. The largest absolute Gasteiger partial charge is 0.695 e. The van der Waals surface area contributed by atoms with Crippen molar-refractivity contribution in [2.24, 2.45) is 11.8 Å². The van der Waals surface area contributed by atoms with Gasteiger partial charge in [-0.1, -0.05) is 34.6 Å². The molecule has 1 amide bonds. The third kappa shape index (κ3) is 9.20. The predicted molar refractivity (Wildman–Crippen MR) is 208 cm³/mol. The first kappa shape index (κ1) is 43.4. The van der Waals surface area contributed by atoms with Crippen LogP contribution in [-0.4, -0.2) is 103 Å². The summed E-state index contributed by atoms with van der Waals surface area (Å²) in [5.41, 5.74) is -2.14. The van der Waals surface area contributed by atoms with Crippen LogP contribution < -0.4 is 15.6 Å². The van der Waals surface area contributed by atoms with Crippen molar-refractivity contribution < 1.29 is 51.4 Å². The molecular weight excluding hydrogens is 823 g/mol. The van der Waals surface area contributed by atoms with Gasteiger partial charge < -0.3 is 28.1 Å². The Kier molecular flexibility index (Phi) is 12.8. The summed E-state index contributed by atoms with van der Waals surface area (Å²) in [6.45, 7) is 9.22. The number of nitrogens with zero attached hydrogens (tertiary/aromatic N) is 6. The van der Waals surface area contributed by atoms with Crippen molar-refractivity contribution in [3.63, 3.8) is 0 Å². The van der Waals surface area contributed by atoms with Crippen LogP contribution in [0.1, 0.15) is 60.1 Å². The maximum absolute atomic E-state index is 13.2. The fourth-order valence-electron chi connectivity index (χ4n) is 6.54. The summed E-state index contributed by atoms with van der Waals surface area (Å²) in [5, 5.41) is 23.2. The van der Waals surface area contributed by atoms with Crippen molar-refractivity contribution in [3.8, 4) is 11.9 Å². The highest BCUT2D eigenvalue weighted by Crippen LogP contribution is 2.65. The number of imidazole rings is 1. The van der Waals surface area contributed by atoms with E-state index in [0.29, 0.717) is 12.3 Å². The van der Waals surface area contributed by atoms with Crippen LogP contribution in [0.25, 0.3) is 11.2 Å². The summed E-state index contributed by atoms with van der Waals surface area (Å²) in [6, 6.07) is 3.60. The van der Waals surface area contributed by atoms with Crippen LogP contribution in [0.15, 0.2) is 29.7 Å². The molecule has 3 aromatic heterocycles. The van der Waals surface area contributed by atoms with Crippen molar-refractivity contribution in [3.05, 3.63) is 35.3 Å². The number of aliphatic hydroxyl groups is 1. The van der Waals surface area contributed by atoms with Gasteiger partial charge in [0.1, 0.15) is 42.4 Å². The fraction of sp³-hybridized carbons (Fsp3) is 0.667. The molecule has 1 saturated heterocycles. The zero-order chi connectivity index (χ0) is 41.5. The average Bonchev–Trinajstić information content (AvgIpc) is 3.51. The van der Waals surface area contributed by atoms with E-state index in [1.54, 1.807) is 19.9 Å². The van der Waals surface area contributed by atoms with Gasteiger partial charge in [-0.3, -0.25) is 29.0 Å². The summed E-state index contributed by atoms with van der Waals surface area (Å²) in [4.78, 5) is 54.7. The Labute approximate surface area is 335 Å². The first-order valence-electron chi connectivity index (χ1n) is 18.3. The highest BCUT2D eigenvalue weighted by atomic mass is 32.5. The number of anilines is 1. The maximum atomic E-state index is 13.2. The molecule has 24 heteroatoms. The van der Waals surface area contributed by atoms with E-state index in [9.17, 15) is 29.4 Å². The standard InChI is InChI=1S/C33H46N8O12P2SSi/c1-18(2)28(43)39-31-38-27-23(29(44)40-31)37-17-41(27)30-26(33(24(42)25(33)50-30)53-57(6,7)32(3,4)5)52-55(56,47-12-8-10-34)48-15-19-13-20(14-21(19)51-54(45)46)49-22-9-11-35-16-36-22/h9,11,16-21,24-26,30,42H,8,12-15H2,1-7H3,(H2-,38,39,40,43,44,45,46)/p+1/t19-,20-,21+,24?,25-,26+,30-,33?,55?/m1/s1. The molecule has 2 aliphatic carbocycles. The molecule has 3 aliphatic rings. The molecule has 0 spiro atoms. The van der Waals surface area contributed by atoms with Gasteiger partial charge in [0.05, 0.1) is 32.0 Å². The minimum atomic E-state index is -3.94. The topological polar surface area (TPSA) is 264 Å². The van der Waals surface area contributed by atoms with Crippen molar-refractivity contribution in [2.45, 2.75) is 114 Å². The Balaban J connectivity index is 1.35. The van der Waals surface area contributed by atoms with E-state index in [1.807, 2.05) is 39.9 Å². The van der Waals surface area contributed by atoms with E-state index < -0.39 is 83.0 Å². The van der Waals surface area contributed by atoms with E-state index in [0.717, 1.165) is 0 Å². The second-order valence-electron chi connectivity index (χ2n) is 15.9. The number of carbonyl (C=O) groups is 1. The lowest BCUT2D eigenvalue weighted by Gasteiger charge is -2.42. The van der Waals surface area contributed by atoms with Gasteiger partial charge in [-0.05, 0) is 36.4 Å². The molecule has 4 heterocycles. The van der Waals surface area contributed by atoms with E-state index in [1.165, 1.54) is 23.4 Å². The minimum absolute atomic E-state index is 0.0353. The molecule has 3 aromatic rings. The van der Waals surface area contributed by atoms with Crippen LogP contribution in [-0.2, 0) is 48.4 Å². The number of hydrogen-bond donors (Lipinski definition) is 4. The van der Waals surface area contributed by atoms with Crippen LogP contribution >= 0.6 is 15.0 Å². The molecule has 3 fully saturated rings. The Morgan fingerprint density at radius 3 is 2.70 bits per heavy atom. The number of H-pyrrole nitrogens is 1. The quantitative estimate of drug-likeness (QED) is 0.0849. The molecule has 0 radical (unpaired) electrons. The molecule has 4 N–H and O–H groups in total. The number of carbonyl (C=O) groups excluding carboxylic acids is 1. The lowest BCUT2D eigenvalue weighted by Crippen LogP contribution is -2.51. The smallest absolute Gasteiger partial charge is 0.474 e. The van der Waals surface area contributed by atoms with Gasteiger partial charge in [0.15, 0.2) is 25.7 Å². The van der Waals surface area contributed by atoms with Crippen molar-refractivity contribution >= 4 is 58.1 Å². The Morgan fingerprint density at radius 1 is 1.30 bits per heavy atom. The van der Waals surface area contributed by atoms with Gasteiger partial charge in [0.25, 0.3) is 5.56 Å². The zero-order valence-electron chi connectivity index (χ0n) is 32.4. The summed E-state index contributed by atoms with van der Waals surface area (Å²) >= 11 is 6.03. The molecule has 4 unspecified atom stereocenters. The fourth-order valence-corrected chi connectivity index (χ4v) is 10.7. The summed E-state index contributed by atoms with van der Waals surface area (Å²) in [5.74, 6) is -1.13. The van der Waals surface area contributed by atoms with Crippen molar-refractivity contribution in [1.82, 2.24) is 29.5 Å². The van der Waals surface area contributed by atoms with Gasteiger partial charge >= 0.3 is 15.0 Å². The monoisotopic (exact) mass is 869 g/mol. The number of amides is 1. The number of nitriles is 1. The Hall–Kier alpha value is -3.16. The van der Waals surface area contributed by atoms with Gasteiger partial charge in [0.2, 0.25) is 17.7 Å². The first-order valence-corrected chi connectivity index (χ1v) is 24.9. The van der Waals surface area contributed by atoms with Crippen molar-refractivity contribution in [2.75, 3.05) is 18.5 Å². The van der Waals surface area contributed by atoms with Gasteiger partial charge in [0, 0.05) is 35.1 Å². The van der Waals surface area contributed by atoms with Crippen LogP contribution in [0.2, 0.25) is 18.1 Å². The molecule has 2 saturated carbocycles. The van der Waals surface area contributed by atoms with Gasteiger partial charge in [-0.25, -0.2) is 15.0 Å². The molecule has 0 aromatic carbocycles. The van der Waals surface area contributed by atoms with E-state index in [2.05, 4.69) is 30.2 Å². The third-order valence-corrected chi connectivity index (χ3v) is 17.9. The second-order valence-corrected chi connectivity index (χ2v) is 24.3. The number of aliphatic hydroxyl groups excluding tert-OH is 1. The normalized spacial score (nSPS) is 28.5. The number of aromatic amines is 1. The van der Waals surface area contributed by atoms with Crippen LogP contribution in [0, 0.1) is 23.2 Å². The number of ether oxygens (including phenoxy) is 2. The lowest BCUT2D eigenvalue weighted by molar-refractivity contribution is -0.118. The third-order valence-electron chi connectivity index (χ3n) is 10.6. The molecule has 0 bridgehead atoms. The maximum Gasteiger partial charge on any atom is 0.695 e. The number of aromatic nitrogens is 6. The highest BCUT2D eigenvalue weighted by Gasteiger charge is 2.81. The summed E-state index contributed by atoms with van der Waals surface area (Å²) < 4.78 is 57.2. The SMILES string of the molecule is CC(C)C(=O)Nc1nc2c(ncn2[C@@H]2O[C@@H]3C(O)C3(O[Si](C)(C)C(C)(C)C)[C@H]2OP(=S)(OCCC#N)OC[C@H]2C[C@@H](Oc3ccncn3)C[C@@H]2O[P+](=O)O)c(=O)[nH]1. The van der Waals surface area contributed by atoms with E-state index >= 15 is 0 Å². The second kappa shape index (κ2) is 16.8. The Bertz CT molecular complexity index is 2120. The van der Waals surface area contributed by atoms with Crippen molar-refractivity contribution in [1.29, 1.82) is 5.26 Å². The summed E-state index contributed by atoms with van der Waals surface area (Å²) in [6.07, 6.45) is -1.11. The molecule has 310 valence electrons. The van der Waals surface area contributed by atoms with Crippen LogP contribution in [0.5, 0.6) is 5.88 Å². The number of fused-ring (bicyclic) bond motifs is 2. The molecule has 20 nitrogen and oxygen atoms in total. The van der Waals surface area contributed by atoms with E-state index in [-0.39, 0.29) is 54.1 Å². The zero-order valence-corrected chi connectivity index (χ0v) is 36.0. The molecule has 10 atom stereocenters. The first-order chi connectivity index (χ1) is 26.8. The summed E-state index contributed by atoms with van der Waals surface area (Å²) in [7, 11) is -5.70. The van der Waals surface area contributed by atoms with Crippen LogP contribution in [0.3, 0.4) is 0 Å². The number of nitrogens with one attached hydrogen (secondary N) is 2. The number of hydrogen-bond acceptors (Lipinski definition) is 17. The lowest BCUT2D eigenvalue weighted by atomic mass is 10.1. The Morgan fingerprint density at radius 2 is 2.05 bits per heavy atom. The predicted octanol–water partition coefficient (Wildman–Crippen LogP) is 3.99. The minimum Gasteiger partial charge on any atom is -0.474 e. The molecule has 6 rings (SSSR count). The number of rotatable bonds is 17. The molecular formula is C33H47N8O12P2SSi+. The molecule has 1 aliphatic heterocycles. The van der Waals surface area contributed by atoms with Gasteiger partial charge in [-0.2, -0.15) is 10.2 Å². The highest BCUT2D eigenvalue weighted by molar-refractivity contribution is 8.07. The van der Waals surface area contributed by atoms with E-state index in [4.69, 9.17) is 43.8 Å².